The van der Waals surface area contributed by atoms with Crippen LogP contribution in [-0.2, 0) is 0 Å². The van der Waals surface area contributed by atoms with Gasteiger partial charge in [0.05, 0.1) is 0 Å². The average molecular weight is 363 g/mol. The topological polar surface area (TPSA) is 18.5 Å². The van der Waals surface area contributed by atoms with Gasteiger partial charge in [-0.05, 0) is 29.0 Å². The minimum Gasteiger partial charge on any atom is -0.449 e. The Hall–Kier alpha value is -2.52. The molecule has 1 heterocycles. The number of rotatable bonds is 0. The Morgan fingerprint density at radius 1 is 0.565 bits per heavy atom. The van der Waals surface area contributed by atoms with E-state index in [1.54, 1.807) is 0 Å². The fourth-order valence-electron chi connectivity index (χ4n) is 3.15. The van der Waals surface area contributed by atoms with Gasteiger partial charge < -0.3 is 9.47 Å². The molecular weight excluding hydrogens is 352 g/mol. The summed E-state index contributed by atoms with van der Waals surface area (Å²) in [4.78, 5) is 0. The van der Waals surface area contributed by atoms with Crippen LogP contribution in [-0.4, -0.2) is 0 Å². The zero-order valence-electron chi connectivity index (χ0n) is 12.0. The molecule has 0 aliphatic carbocycles. The number of halogens is 1. The molecule has 0 atom stereocenters. The lowest BCUT2D eigenvalue weighted by molar-refractivity contribution is 0.366. The molecular formula is C20H11BrO2. The molecule has 3 heteroatoms. The third-order valence-corrected chi connectivity index (χ3v) is 4.66. The maximum atomic E-state index is 6.22. The first-order chi connectivity index (χ1) is 11.3. The molecule has 1 aliphatic heterocycles. The van der Waals surface area contributed by atoms with E-state index < -0.39 is 0 Å². The summed E-state index contributed by atoms with van der Waals surface area (Å²) in [6, 6.07) is 22.4. The van der Waals surface area contributed by atoms with Gasteiger partial charge in [-0.3, -0.25) is 0 Å². The molecule has 0 aromatic heterocycles. The molecule has 4 aromatic carbocycles. The lowest BCUT2D eigenvalue weighted by atomic mass is 9.99. The van der Waals surface area contributed by atoms with Crippen molar-refractivity contribution in [1.29, 1.82) is 0 Å². The van der Waals surface area contributed by atoms with Crippen molar-refractivity contribution in [3.63, 3.8) is 0 Å². The van der Waals surface area contributed by atoms with Crippen LogP contribution in [0.3, 0.4) is 0 Å². The minimum atomic E-state index is 0.729. The number of benzene rings is 4. The van der Waals surface area contributed by atoms with Crippen molar-refractivity contribution >= 4 is 37.5 Å². The maximum Gasteiger partial charge on any atom is 0.178 e. The van der Waals surface area contributed by atoms with E-state index in [2.05, 4.69) is 52.3 Å². The van der Waals surface area contributed by atoms with Crippen molar-refractivity contribution in [3.05, 3.63) is 71.2 Å². The van der Waals surface area contributed by atoms with E-state index in [-0.39, 0.29) is 0 Å². The quantitative estimate of drug-likeness (QED) is 0.287. The summed E-state index contributed by atoms with van der Waals surface area (Å²) in [5, 5.41) is 4.47. The highest BCUT2D eigenvalue weighted by atomic mass is 79.9. The van der Waals surface area contributed by atoms with Gasteiger partial charge in [-0.2, -0.15) is 0 Å². The van der Waals surface area contributed by atoms with Gasteiger partial charge >= 0.3 is 0 Å². The smallest absolute Gasteiger partial charge is 0.178 e. The zero-order valence-corrected chi connectivity index (χ0v) is 13.6. The standard InChI is InChI=1S/C20H11BrO2/c21-12-9-10-17-18(11-12)23-20-16-8-4-2-6-14(16)13-5-1-3-7-15(13)19(20)22-17/h1-11H. The van der Waals surface area contributed by atoms with E-state index in [1.807, 2.05) is 30.3 Å². The van der Waals surface area contributed by atoms with Crippen LogP contribution < -0.4 is 9.47 Å². The Bertz CT molecular complexity index is 1090. The van der Waals surface area contributed by atoms with Gasteiger partial charge in [0.25, 0.3) is 0 Å². The van der Waals surface area contributed by atoms with Crippen LogP contribution in [0.2, 0.25) is 0 Å². The maximum absolute atomic E-state index is 6.22. The molecule has 0 fully saturated rings. The first-order valence-electron chi connectivity index (χ1n) is 7.40. The van der Waals surface area contributed by atoms with Crippen LogP contribution in [0.15, 0.2) is 71.2 Å². The van der Waals surface area contributed by atoms with Crippen LogP contribution in [0.25, 0.3) is 21.5 Å². The Morgan fingerprint density at radius 3 is 1.70 bits per heavy atom. The molecule has 2 nitrogen and oxygen atoms in total. The third-order valence-electron chi connectivity index (χ3n) is 4.17. The van der Waals surface area contributed by atoms with Gasteiger partial charge in [0.15, 0.2) is 23.0 Å². The molecule has 23 heavy (non-hydrogen) atoms. The predicted octanol–water partition coefficient (Wildman–Crippen LogP) is 6.65. The van der Waals surface area contributed by atoms with Crippen LogP contribution in [0.1, 0.15) is 0 Å². The van der Waals surface area contributed by atoms with Gasteiger partial charge in [0.1, 0.15) is 0 Å². The molecule has 0 radical (unpaired) electrons. The van der Waals surface area contributed by atoms with Crippen molar-refractivity contribution in [2.75, 3.05) is 0 Å². The highest BCUT2D eigenvalue weighted by Gasteiger charge is 2.24. The molecule has 0 saturated heterocycles. The Kier molecular flexibility index (Phi) is 2.67. The van der Waals surface area contributed by atoms with Crippen molar-refractivity contribution in [2.24, 2.45) is 0 Å². The molecule has 4 aromatic rings. The zero-order chi connectivity index (χ0) is 15.4. The summed E-state index contributed by atoms with van der Waals surface area (Å²) in [5.41, 5.74) is 0. The summed E-state index contributed by atoms with van der Waals surface area (Å²) < 4.78 is 13.4. The summed E-state index contributed by atoms with van der Waals surface area (Å²) in [5.74, 6) is 3.03. The van der Waals surface area contributed by atoms with Crippen LogP contribution in [0.5, 0.6) is 23.0 Å². The normalized spacial score (nSPS) is 12.4. The fourth-order valence-corrected chi connectivity index (χ4v) is 3.49. The fraction of sp³-hybridized carbons (Fsp3) is 0. The molecule has 0 saturated carbocycles. The molecule has 0 N–H and O–H groups in total. The second kappa shape index (κ2) is 4.74. The number of hydrogen-bond acceptors (Lipinski definition) is 2. The SMILES string of the molecule is Brc1ccc2c(c1)Oc1c(c3ccccc3c3ccccc13)O2. The van der Waals surface area contributed by atoms with Crippen LogP contribution in [0, 0.1) is 0 Å². The molecule has 0 unspecified atom stereocenters. The Balaban J connectivity index is 1.91. The van der Waals surface area contributed by atoms with E-state index in [0.717, 1.165) is 38.2 Å². The second-order valence-corrected chi connectivity index (χ2v) is 6.46. The summed E-state index contributed by atoms with van der Waals surface area (Å²) in [7, 11) is 0. The highest BCUT2D eigenvalue weighted by Crippen LogP contribution is 2.52. The summed E-state index contributed by atoms with van der Waals surface area (Å²) in [6.07, 6.45) is 0. The molecule has 1 aliphatic rings. The third kappa shape index (κ3) is 1.87. The largest absolute Gasteiger partial charge is 0.449 e. The molecule has 110 valence electrons. The van der Waals surface area contributed by atoms with Crippen molar-refractivity contribution in [3.8, 4) is 23.0 Å². The summed E-state index contributed by atoms with van der Waals surface area (Å²) in [6.45, 7) is 0. The van der Waals surface area contributed by atoms with E-state index in [9.17, 15) is 0 Å². The molecule has 0 bridgehead atoms. The van der Waals surface area contributed by atoms with Gasteiger partial charge in [-0.15, -0.1) is 0 Å². The number of fused-ring (bicyclic) bond motifs is 7. The van der Waals surface area contributed by atoms with Gasteiger partial charge in [0, 0.05) is 15.2 Å². The van der Waals surface area contributed by atoms with E-state index in [1.165, 1.54) is 10.8 Å². The minimum absolute atomic E-state index is 0.729. The van der Waals surface area contributed by atoms with Crippen molar-refractivity contribution in [2.45, 2.75) is 0 Å². The van der Waals surface area contributed by atoms with E-state index in [0.29, 0.717) is 0 Å². The predicted molar refractivity (Wildman–Crippen MR) is 95.7 cm³/mol. The van der Waals surface area contributed by atoms with Crippen molar-refractivity contribution < 1.29 is 9.47 Å². The Morgan fingerprint density at radius 2 is 1.09 bits per heavy atom. The van der Waals surface area contributed by atoms with Gasteiger partial charge in [-0.25, -0.2) is 0 Å². The average Bonchev–Trinajstić information content (AvgIpc) is 2.60. The first-order valence-corrected chi connectivity index (χ1v) is 8.19. The van der Waals surface area contributed by atoms with Gasteiger partial charge in [0.2, 0.25) is 0 Å². The first kappa shape index (κ1) is 13.0. The molecule has 0 amide bonds. The van der Waals surface area contributed by atoms with Gasteiger partial charge in [-0.1, -0.05) is 64.5 Å². The number of ether oxygens (including phenoxy) is 2. The van der Waals surface area contributed by atoms with Crippen LogP contribution >= 0.6 is 15.9 Å². The monoisotopic (exact) mass is 362 g/mol. The van der Waals surface area contributed by atoms with E-state index in [4.69, 9.17) is 9.47 Å². The number of hydrogen-bond donors (Lipinski definition) is 0. The molecule has 0 spiro atoms. The second-order valence-electron chi connectivity index (χ2n) is 5.54. The lowest BCUT2D eigenvalue weighted by Gasteiger charge is -2.24. The lowest BCUT2D eigenvalue weighted by Crippen LogP contribution is -2.00. The van der Waals surface area contributed by atoms with E-state index >= 15 is 0 Å². The highest BCUT2D eigenvalue weighted by molar-refractivity contribution is 9.10. The van der Waals surface area contributed by atoms with Crippen LogP contribution in [0.4, 0.5) is 0 Å². The molecule has 5 rings (SSSR count). The summed E-state index contributed by atoms with van der Waals surface area (Å²) >= 11 is 3.48. The Labute approximate surface area is 141 Å². The van der Waals surface area contributed by atoms with Crippen molar-refractivity contribution in [1.82, 2.24) is 0 Å².